The van der Waals surface area contributed by atoms with E-state index in [1.807, 2.05) is 26.2 Å². The average molecular weight is 368 g/mol. The molecule has 1 saturated carbocycles. The molecule has 1 aliphatic rings. The number of hydrogen-bond donors (Lipinski definition) is 1. The second kappa shape index (κ2) is 7.19. The smallest absolute Gasteiger partial charge is 0.248 e. The van der Waals surface area contributed by atoms with Crippen LogP contribution >= 0.6 is 11.3 Å². The Labute approximate surface area is 149 Å². The summed E-state index contributed by atoms with van der Waals surface area (Å²) in [7, 11) is 0. The third-order valence-electron chi connectivity index (χ3n) is 3.94. The number of nitrogens with one attached hydrogen (secondary N) is 1. The van der Waals surface area contributed by atoms with E-state index in [9.17, 15) is 8.78 Å². The summed E-state index contributed by atoms with van der Waals surface area (Å²) in [6.07, 6.45) is 0.626. The Kier molecular flexibility index (Phi) is 5.17. The zero-order valence-corrected chi connectivity index (χ0v) is 15.4. The first-order chi connectivity index (χ1) is 11.8. The van der Waals surface area contributed by atoms with E-state index >= 15 is 0 Å². The maximum atomic E-state index is 13.3. The number of hydrogen-bond acceptors (Lipinski definition) is 6. The molecule has 3 rings (SSSR count). The van der Waals surface area contributed by atoms with Crippen molar-refractivity contribution in [2.45, 2.75) is 64.5 Å². The molecule has 1 aliphatic carbocycles. The van der Waals surface area contributed by atoms with Crippen molar-refractivity contribution in [1.29, 1.82) is 0 Å². The van der Waals surface area contributed by atoms with Crippen molar-refractivity contribution in [3.63, 3.8) is 0 Å². The molecule has 2 heterocycles. The number of thiazole rings is 1. The fraction of sp³-hybridized carbons (Fsp3) is 0.588. The molecule has 5 nitrogen and oxygen atoms in total. The Morgan fingerprint density at radius 2 is 1.96 bits per heavy atom. The normalized spacial score (nSPS) is 17.7. The minimum Gasteiger partial charge on any atom is -0.475 e. The van der Waals surface area contributed by atoms with Crippen molar-refractivity contribution < 1.29 is 13.5 Å². The molecule has 8 heteroatoms. The zero-order chi connectivity index (χ0) is 18.0. The van der Waals surface area contributed by atoms with Crippen molar-refractivity contribution in [3.8, 4) is 16.7 Å². The lowest BCUT2D eigenvalue weighted by Crippen LogP contribution is -2.32. The van der Waals surface area contributed by atoms with Crippen LogP contribution in [0.5, 0.6) is 5.88 Å². The van der Waals surface area contributed by atoms with E-state index in [1.165, 1.54) is 11.3 Å². The molecule has 0 aromatic carbocycles. The van der Waals surface area contributed by atoms with Gasteiger partial charge in [0.15, 0.2) is 10.8 Å². The van der Waals surface area contributed by atoms with Crippen LogP contribution in [-0.2, 0) is 0 Å². The maximum absolute atomic E-state index is 13.3. The van der Waals surface area contributed by atoms with Crippen molar-refractivity contribution in [1.82, 2.24) is 15.0 Å². The third-order valence-corrected chi connectivity index (χ3v) is 4.89. The van der Waals surface area contributed by atoms with E-state index in [4.69, 9.17) is 4.74 Å². The number of rotatable bonds is 5. The second-order valence-electron chi connectivity index (χ2n) is 6.65. The van der Waals surface area contributed by atoms with Gasteiger partial charge >= 0.3 is 0 Å². The molecule has 2 aromatic heterocycles. The van der Waals surface area contributed by atoms with E-state index in [0.29, 0.717) is 35.4 Å². The largest absolute Gasteiger partial charge is 0.475 e. The summed E-state index contributed by atoms with van der Waals surface area (Å²) in [5.41, 5.74) is 0.905. The van der Waals surface area contributed by atoms with Crippen LogP contribution in [0, 0.1) is 6.92 Å². The molecule has 2 aromatic rings. The fourth-order valence-corrected chi connectivity index (χ4v) is 3.48. The number of aryl methyl sites for hydroxylation is 1. The van der Waals surface area contributed by atoms with Gasteiger partial charge in [-0.05, 0) is 33.6 Å². The summed E-state index contributed by atoms with van der Waals surface area (Å²) in [5.74, 6) is -1.01. The van der Waals surface area contributed by atoms with Crippen LogP contribution in [0.2, 0.25) is 0 Å². The molecule has 0 aliphatic heterocycles. The van der Waals surface area contributed by atoms with Gasteiger partial charge in [-0.25, -0.2) is 18.7 Å². The number of aromatic nitrogens is 3. The molecule has 0 amide bonds. The monoisotopic (exact) mass is 368 g/mol. The first kappa shape index (κ1) is 18.0. The lowest BCUT2D eigenvalue weighted by atomic mass is 9.92. The average Bonchev–Trinajstić information content (AvgIpc) is 2.95. The molecule has 0 spiro atoms. The predicted molar refractivity (Wildman–Crippen MR) is 94.5 cm³/mol. The van der Waals surface area contributed by atoms with Crippen LogP contribution in [0.3, 0.4) is 0 Å². The third kappa shape index (κ3) is 4.84. The van der Waals surface area contributed by atoms with Crippen LogP contribution in [0.1, 0.15) is 45.2 Å². The summed E-state index contributed by atoms with van der Waals surface area (Å²) in [6.45, 7) is 5.76. The molecular formula is C17H22F2N4OS. The molecule has 0 bridgehead atoms. The van der Waals surface area contributed by atoms with Crippen LogP contribution in [0.15, 0.2) is 11.4 Å². The zero-order valence-electron chi connectivity index (χ0n) is 14.6. The van der Waals surface area contributed by atoms with Crippen molar-refractivity contribution in [2.24, 2.45) is 0 Å². The summed E-state index contributed by atoms with van der Waals surface area (Å²) in [4.78, 5) is 13.4. The first-order valence-corrected chi connectivity index (χ1v) is 9.31. The number of anilines is 1. The molecule has 1 fully saturated rings. The Bertz CT molecular complexity index is 725. The summed E-state index contributed by atoms with van der Waals surface area (Å²) < 4.78 is 32.4. The standard InChI is InChI=1S/C17H22F2N4OS/c1-10(2)24-14-8-13(21-12-4-6-17(18,19)7-5-12)22-15(23-14)16-20-11(3)9-25-16/h8-10,12H,4-7H2,1-3H3,(H,21,22,23). The van der Waals surface area contributed by atoms with E-state index in [0.717, 1.165) is 5.69 Å². The highest BCUT2D eigenvalue weighted by atomic mass is 32.1. The van der Waals surface area contributed by atoms with Gasteiger partial charge in [-0.15, -0.1) is 11.3 Å². The number of ether oxygens (including phenoxy) is 1. The highest BCUT2D eigenvalue weighted by Gasteiger charge is 2.35. The molecule has 0 atom stereocenters. The van der Waals surface area contributed by atoms with Crippen LogP contribution in [0.4, 0.5) is 14.6 Å². The lowest BCUT2D eigenvalue weighted by Gasteiger charge is -2.29. The Hall–Kier alpha value is -1.83. The summed E-state index contributed by atoms with van der Waals surface area (Å²) in [5, 5.41) is 5.91. The van der Waals surface area contributed by atoms with Crippen molar-refractivity contribution in [3.05, 3.63) is 17.1 Å². The van der Waals surface area contributed by atoms with Crippen LogP contribution < -0.4 is 10.1 Å². The Morgan fingerprint density at radius 3 is 2.56 bits per heavy atom. The van der Waals surface area contributed by atoms with E-state index in [-0.39, 0.29) is 25.0 Å². The number of alkyl halides is 2. The Balaban J connectivity index is 1.82. The molecular weight excluding hydrogens is 346 g/mol. The summed E-state index contributed by atoms with van der Waals surface area (Å²) >= 11 is 1.47. The SMILES string of the molecule is Cc1csc(-c2nc(NC3CCC(F)(F)CC3)cc(OC(C)C)n2)n1. The van der Waals surface area contributed by atoms with Gasteiger partial charge in [0.1, 0.15) is 5.82 Å². The minimum absolute atomic E-state index is 0.0210. The van der Waals surface area contributed by atoms with Gasteiger partial charge in [0.05, 0.1) is 6.10 Å². The van der Waals surface area contributed by atoms with Gasteiger partial charge in [-0.3, -0.25) is 0 Å². The molecule has 0 unspecified atom stereocenters. The van der Waals surface area contributed by atoms with E-state index in [1.54, 1.807) is 6.07 Å². The molecule has 136 valence electrons. The van der Waals surface area contributed by atoms with Crippen molar-refractivity contribution >= 4 is 17.2 Å². The van der Waals surface area contributed by atoms with Gasteiger partial charge in [-0.2, -0.15) is 4.98 Å². The molecule has 0 radical (unpaired) electrons. The Morgan fingerprint density at radius 1 is 1.24 bits per heavy atom. The van der Waals surface area contributed by atoms with Gasteiger partial charge in [0.25, 0.3) is 0 Å². The topological polar surface area (TPSA) is 59.9 Å². The van der Waals surface area contributed by atoms with Gasteiger partial charge in [0.2, 0.25) is 11.8 Å². The molecule has 1 N–H and O–H groups in total. The predicted octanol–water partition coefficient (Wildman–Crippen LogP) is 4.69. The van der Waals surface area contributed by atoms with Gasteiger partial charge in [0, 0.05) is 36.0 Å². The first-order valence-electron chi connectivity index (χ1n) is 8.43. The second-order valence-corrected chi connectivity index (χ2v) is 7.51. The number of halogens is 2. The van der Waals surface area contributed by atoms with Crippen LogP contribution in [-0.4, -0.2) is 33.0 Å². The quantitative estimate of drug-likeness (QED) is 0.830. The van der Waals surface area contributed by atoms with Crippen molar-refractivity contribution in [2.75, 3.05) is 5.32 Å². The molecule has 25 heavy (non-hydrogen) atoms. The highest BCUT2D eigenvalue weighted by Crippen LogP contribution is 2.34. The maximum Gasteiger partial charge on any atom is 0.248 e. The number of nitrogens with zero attached hydrogens (tertiary/aromatic N) is 3. The van der Waals surface area contributed by atoms with Gasteiger partial charge < -0.3 is 10.1 Å². The lowest BCUT2D eigenvalue weighted by molar-refractivity contribution is -0.0361. The summed E-state index contributed by atoms with van der Waals surface area (Å²) in [6, 6.07) is 1.70. The van der Waals surface area contributed by atoms with Gasteiger partial charge in [-0.1, -0.05) is 0 Å². The fourth-order valence-electron chi connectivity index (χ4n) is 2.75. The minimum atomic E-state index is -2.54. The molecule has 0 saturated heterocycles. The van der Waals surface area contributed by atoms with E-state index < -0.39 is 5.92 Å². The van der Waals surface area contributed by atoms with E-state index in [2.05, 4.69) is 20.3 Å². The van der Waals surface area contributed by atoms with Crippen LogP contribution in [0.25, 0.3) is 10.8 Å². The highest BCUT2D eigenvalue weighted by molar-refractivity contribution is 7.13.